The molecule has 1 atom stereocenters. The van der Waals surface area contributed by atoms with E-state index in [1.54, 1.807) is 0 Å². The van der Waals surface area contributed by atoms with Gasteiger partial charge in [0.15, 0.2) is 17.2 Å². The molecule has 0 saturated carbocycles. The lowest BCUT2D eigenvalue weighted by molar-refractivity contribution is -0.263. The van der Waals surface area contributed by atoms with Crippen molar-refractivity contribution in [1.82, 2.24) is 4.98 Å². The molecule has 0 aliphatic carbocycles. The van der Waals surface area contributed by atoms with Gasteiger partial charge in [-0.05, 0) is 49.1 Å². The molecule has 0 bridgehead atoms. The molecule has 2 aromatic carbocycles. The zero-order valence-electron chi connectivity index (χ0n) is 14.4. The molecule has 1 N–H and O–H groups in total. The van der Waals surface area contributed by atoms with Crippen LogP contribution >= 0.6 is 11.3 Å². The first kappa shape index (κ1) is 19.6. The molecule has 0 fully saturated rings. The number of aromatic nitrogens is 1. The second-order valence-corrected chi connectivity index (χ2v) is 7.19. The molecular weight excluding hydrogens is 382 g/mol. The Balaban J connectivity index is 1.72. The molecule has 0 aliphatic rings. The standard InChI is InChI=1S/C19H17F4NO2S/c1-2-18(25,19(21,22)23)10-9-12-7-8-15(13(20)11-12)26-17-24-14-5-3-4-6-16(14)27-17/h3-8,11,25H,2,9-10H2,1H3. The van der Waals surface area contributed by atoms with Gasteiger partial charge >= 0.3 is 6.18 Å². The summed E-state index contributed by atoms with van der Waals surface area (Å²) in [5.41, 5.74) is -1.69. The van der Waals surface area contributed by atoms with E-state index in [1.807, 2.05) is 24.3 Å². The maximum absolute atomic E-state index is 14.3. The number of rotatable bonds is 6. The number of aliphatic hydroxyl groups is 1. The first-order valence-electron chi connectivity index (χ1n) is 8.33. The number of ether oxygens (including phenoxy) is 1. The van der Waals surface area contributed by atoms with Gasteiger partial charge in [0.1, 0.15) is 0 Å². The summed E-state index contributed by atoms with van der Waals surface area (Å²) in [6.45, 7) is 1.27. The Morgan fingerprint density at radius 2 is 1.89 bits per heavy atom. The Morgan fingerprint density at radius 1 is 1.15 bits per heavy atom. The van der Waals surface area contributed by atoms with E-state index >= 15 is 0 Å². The fourth-order valence-electron chi connectivity index (χ4n) is 2.64. The summed E-state index contributed by atoms with van der Waals surface area (Å²) in [5.74, 6) is -0.752. The first-order chi connectivity index (χ1) is 12.7. The van der Waals surface area contributed by atoms with Gasteiger partial charge in [0.25, 0.3) is 5.19 Å². The maximum atomic E-state index is 14.3. The van der Waals surface area contributed by atoms with Crippen molar-refractivity contribution in [2.45, 2.75) is 38.0 Å². The Bertz CT molecular complexity index is 908. The number of halogens is 4. The van der Waals surface area contributed by atoms with Crippen molar-refractivity contribution in [3.63, 3.8) is 0 Å². The minimum atomic E-state index is -4.73. The molecule has 3 rings (SSSR count). The third-order valence-corrected chi connectivity index (χ3v) is 5.32. The van der Waals surface area contributed by atoms with Gasteiger partial charge in [0.2, 0.25) is 0 Å². The summed E-state index contributed by atoms with van der Waals surface area (Å²) < 4.78 is 59.5. The van der Waals surface area contributed by atoms with E-state index in [9.17, 15) is 22.7 Å². The average Bonchev–Trinajstić information content (AvgIpc) is 3.03. The van der Waals surface area contributed by atoms with Crippen molar-refractivity contribution >= 4 is 21.6 Å². The Labute approximate surface area is 157 Å². The Hall–Kier alpha value is -2.19. The predicted molar refractivity (Wildman–Crippen MR) is 95.7 cm³/mol. The molecule has 3 aromatic rings. The van der Waals surface area contributed by atoms with Gasteiger partial charge < -0.3 is 9.84 Å². The molecule has 8 heteroatoms. The number of para-hydroxylation sites is 1. The number of hydrogen-bond acceptors (Lipinski definition) is 4. The van der Waals surface area contributed by atoms with Crippen LogP contribution in [0, 0.1) is 5.82 Å². The number of aryl methyl sites for hydroxylation is 1. The number of nitrogens with zero attached hydrogens (tertiary/aromatic N) is 1. The van der Waals surface area contributed by atoms with Crippen LogP contribution < -0.4 is 4.74 Å². The lowest BCUT2D eigenvalue weighted by atomic mass is 9.91. The molecule has 0 saturated heterocycles. The van der Waals surface area contributed by atoms with E-state index in [0.29, 0.717) is 5.56 Å². The highest BCUT2D eigenvalue weighted by Crippen LogP contribution is 2.37. The number of alkyl halides is 3. The monoisotopic (exact) mass is 399 g/mol. The minimum absolute atomic E-state index is 0.0561. The third-order valence-electron chi connectivity index (χ3n) is 4.41. The lowest BCUT2D eigenvalue weighted by Gasteiger charge is -2.29. The van der Waals surface area contributed by atoms with Crippen LogP contribution in [0.2, 0.25) is 0 Å². The predicted octanol–water partition coefficient (Wildman–Crippen LogP) is 5.86. The molecule has 0 spiro atoms. The van der Waals surface area contributed by atoms with Crippen LogP contribution in [-0.2, 0) is 6.42 Å². The minimum Gasteiger partial charge on any atom is -0.428 e. The Kier molecular flexibility index (Phi) is 5.39. The van der Waals surface area contributed by atoms with Crippen molar-refractivity contribution in [3.05, 3.63) is 53.8 Å². The topological polar surface area (TPSA) is 42.4 Å². The molecule has 144 valence electrons. The SMILES string of the molecule is CCC(O)(CCc1ccc(Oc2nc3ccccc3s2)c(F)c1)C(F)(F)F. The fourth-order valence-corrected chi connectivity index (χ4v) is 3.47. The largest absolute Gasteiger partial charge is 0.428 e. The summed E-state index contributed by atoms with van der Waals surface area (Å²) in [7, 11) is 0. The fraction of sp³-hybridized carbons (Fsp3) is 0.316. The van der Waals surface area contributed by atoms with E-state index in [0.717, 1.165) is 16.3 Å². The second kappa shape index (κ2) is 7.44. The Morgan fingerprint density at radius 3 is 2.52 bits per heavy atom. The summed E-state index contributed by atoms with van der Waals surface area (Å²) in [4.78, 5) is 4.25. The number of thiazole rings is 1. The van der Waals surface area contributed by atoms with Crippen LogP contribution in [0.25, 0.3) is 10.2 Å². The van der Waals surface area contributed by atoms with Crippen molar-refractivity contribution in [1.29, 1.82) is 0 Å². The molecule has 0 amide bonds. The smallest absolute Gasteiger partial charge is 0.417 e. The van der Waals surface area contributed by atoms with Crippen molar-refractivity contribution in [2.75, 3.05) is 0 Å². The molecule has 1 unspecified atom stereocenters. The number of benzene rings is 2. The van der Waals surface area contributed by atoms with Gasteiger partial charge in [-0.2, -0.15) is 13.2 Å². The maximum Gasteiger partial charge on any atom is 0.417 e. The highest BCUT2D eigenvalue weighted by molar-refractivity contribution is 7.20. The second-order valence-electron chi connectivity index (χ2n) is 6.20. The number of fused-ring (bicyclic) bond motifs is 1. The van der Waals surface area contributed by atoms with Gasteiger partial charge in [-0.3, -0.25) is 0 Å². The highest BCUT2D eigenvalue weighted by Gasteiger charge is 2.51. The zero-order valence-corrected chi connectivity index (χ0v) is 15.2. The highest BCUT2D eigenvalue weighted by atomic mass is 32.1. The van der Waals surface area contributed by atoms with Crippen molar-refractivity contribution in [3.8, 4) is 10.9 Å². The lowest BCUT2D eigenvalue weighted by Crippen LogP contribution is -2.44. The van der Waals surface area contributed by atoms with Crippen LogP contribution in [0.3, 0.4) is 0 Å². The number of hydrogen-bond donors (Lipinski definition) is 1. The van der Waals surface area contributed by atoms with Gasteiger partial charge in [-0.15, -0.1) is 0 Å². The third kappa shape index (κ3) is 4.22. The van der Waals surface area contributed by atoms with Crippen LogP contribution in [0.4, 0.5) is 17.6 Å². The molecule has 0 aliphatic heterocycles. The molecule has 1 heterocycles. The summed E-state index contributed by atoms with van der Waals surface area (Å²) >= 11 is 1.27. The molecule has 1 aromatic heterocycles. The van der Waals surface area contributed by atoms with E-state index in [4.69, 9.17) is 4.74 Å². The van der Waals surface area contributed by atoms with E-state index < -0.39 is 30.4 Å². The van der Waals surface area contributed by atoms with Gasteiger partial charge in [-0.25, -0.2) is 9.37 Å². The van der Waals surface area contributed by atoms with Crippen molar-refractivity contribution < 1.29 is 27.4 Å². The van der Waals surface area contributed by atoms with Gasteiger partial charge in [-0.1, -0.05) is 36.5 Å². The quantitative estimate of drug-likeness (QED) is 0.528. The van der Waals surface area contributed by atoms with Gasteiger partial charge in [0, 0.05) is 0 Å². The average molecular weight is 399 g/mol. The normalized spacial score (nSPS) is 14.3. The van der Waals surface area contributed by atoms with Gasteiger partial charge in [0.05, 0.1) is 10.2 Å². The summed E-state index contributed by atoms with van der Waals surface area (Å²) in [6.07, 6.45) is -5.83. The molecule has 27 heavy (non-hydrogen) atoms. The van der Waals surface area contributed by atoms with Crippen LogP contribution in [-0.4, -0.2) is 21.9 Å². The van der Waals surface area contributed by atoms with E-state index in [2.05, 4.69) is 4.98 Å². The van der Waals surface area contributed by atoms with Crippen LogP contribution in [0.1, 0.15) is 25.3 Å². The molecular formula is C19H17F4NO2S. The first-order valence-corrected chi connectivity index (χ1v) is 9.14. The van der Waals surface area contributed by atoms with Crippen molar-refractivity contribution in [2.24, 2.45) is 0 Å². The molecule has 3 nitrogen and oxygen atoms in total. The molecule has 0 radical (unpaired) electrons. The zero-order chi connectivity index (χ0) is 19.7. The van der Waals surface area contributed by atoms with Crippen LogP contribution in [0.15, 0.2) is 42.5 Å². The summed E-state index contributed by atoms with van der Waals surface area (Å²) in [6, 6.07) is 11.3. The van der Waals surface area contributed by atoms with Crippen LogP contribution in [0.5, 0.6) is 10.9 Å². The summed E-state index contributed by atoms with van der Waals surface area (Å²) in [5, 5.41) is 10.0. The van der Waals surface area contributed by atoms with E-state index in [-0.39, 0.29) is 17.4 Å². The van der Waals surface area contributed by atoms with E-state index in [1.165, 1.54) is 30.4 Å².